The van der Waals surface area contributed by atoms with Gasteiger partial charge in [0.25, 0.3) is 5.91 Å². The average Bonchev–Trinajstić information content (AvgIpc) is 2.82. The molecular formula is C27H21N3O. The van der Waals surface area contributed by atoms with E-state index in [-0.39, 0.29) is 11.6 Å². The molecule has 2 aromatic heterocycles. The smallest absolute Gasteiger partial charge is 0.267 e. The first-order chi connectivity index (χ1) is 15.2. The van der Waals surface area contributed by atoms with Crippen LogP contribution in [0.3, 0.4) is 0 Å². The minimum absolute atomic E-state index is 0.244. The summed E-state index contributed by atoms with van der Waals surface area (Å²) < 4.78 is 0. The number of primary amides is 1. The number of nitrogens with zero attached hydrogens (tertiary/aromatic N) is 2. The summed E-state index contributed by atoms with van der Waals surface area (Å²) in [4.78, 5) is 20.6. The normalized spacial score (nSPS) is 15.9. The second-order valence-electron chi connectivity index (χ2n) is 8.33. The molecule has 1 aliphatic rings. The Morgan fingerprint density at radius 2 is 1.74 bits per heavy atom. The van der Waals surface area contributed by atoms with E-state index in [9.17, 15) is 4.79 Å². The lowest BCUT2D eigenvalue weighted by atomic mass is 9.77. The minimum atomic E-state index is -0.522. The van der Waals surface area contributed by atoms with Crippen molar-refractivity contribution < 1.29 is 4.79 Å². The van der Waals surface area contributed by atoms with Crippen LogP contribution >= 0.6 is 0 Å². The highest BCUT2D eigenvalue weighted by molar-refractivity contribution is 6.09. The van der Waals surface area contributed by atoms with Crippen LogP contribution in [0.4, 0.5) is 0 Å². The van der Waals surface area contributed by atoms with E-state index < -0.39 is 5.91 Å². The van der Waals surface area contributed by atoms with Crippen molar-refractivity contribution in [2.75, 3.05) is 0 Å². The molecule has 1 amide bonds. The number of benzene rings is 3. The molecule has 6 rings (SSSR count). The van der Waals surface area contributed by atoms with Crippen molar-refractivity contribution in [3.8, 4) is 0 Å². The number of carbonyl (C=O) groups is 1. The summed E-state index contributed by atoms with van der Waals surface area (Å²) >= 11 is 0. The van der Waals surface area contributed by atoms with Crippen molar-refractivity contribution >= 4 is 38.4 Å². The van der Waals surface area contributed by atoms with Crippen LogP contribution in [0.5, 0.6) is 0 Å². The zero-order valence-corrected chi connectivity index (χ0v) is 17.0. The van der Waals surface area contributed by atoms with Gasteiger partial charge in [0, 0.05) is 17.0 Å². The monoisotopic (exact) mass is 403 g/mol. The lowest BCUT2D eigenvalue weighted by Crippen LogP contribution is -2.14. The van der Waals surface area contributed by atoms with Crippen LogP contribution in [-0.2, 0) is 6.42 Å². The number of aryl methyl sites for hydroxylation is 1. The van der Waals surface area contributed by atoms with Gasteiger partial charge in [-0.1, -0.05) is 54.6 Å². The molecule has 1 unspecified atom stereocenters. The molecule has 2 N–H and O–H groups in total. The fraction of sp³-hybridized carbons (Fsp3) is 0.148. The Labute approximate surface area is 179 Å². The van der Waals surface area contributed by atoms with Crippen molar-refractivity contribution in [3.05, 3.63) is 95.4 Å². The van der Waals surface area contributed by atoms with E-state index >= 15 is 0 Å². The van der Waals surface area contributed by atoms with Gasteiger partial charge in [-0.05, 0) is 64.1 Å². The van der Waals surface area contributed by atoms with Crippen molar-refractivity contribution in [1.82, 2.24) is 9.97 Å². The van der Waals surface area contributed by atoms with Gasteiger partial charge in [-0.15, -0.1) is 0 Å². The summed E-state index contributed by atoms with van der Waals surface area (Å²) in [6.07, 6.45) is 4.98. The van der Waals surface area contributed by atoms with Gasteiger partial charge in [-0.3, -0.25) is 9.78 Å². The number of amides is 1. The zero-order valence-electron chi connectivity index (χ0n) is 17.0. The Morgan fingerprint density at radius 3 is 2.65 bits per heavy atom. The van der Waals surface area contributed by atoms with Crippen LogP contribution in [0.1, 0.15) is 46.1 Å². The van der Waals surface area contributed by atoms with Crippen LogP contribution in [-0.4, -0.2) is 15.9 Å². The first kappa shape index (κ1) is 18.0. The zero-order chi connectivity index (χ0) is 20.9. The van der Waals surface area contributed by atoms with E-state index in [1.165, 1.54) is 32.7 Å². The highest BCUT2D eigenvalue weighted by Crippen LogP contribution is 2.42. The molecule has 0 fully saturated rings. The molecule has 1 atom stereocenters. The fourth-order valence-corrected chi connectivity index (χ4v) is 5.09. The molecule has 4 heteroatoms. The Kier molecular flexibility index (Phi) is 4.00. The maximum Gasteiger partial charge on any atom is 0.267 e. The molecule has 3 aromatic carbocycles. The molecular weight excluding hydrogens is 382 g/mol. The van der Waals surface area contributed by atoms with Crippen LogP contribution in [0.15, 0.2) is 72.9 Å². The van der Waals surface area contributed by atoms with Gasteiger partial charge < -0.3 is 5.73 Å². The van der Waals surface area contributed by atoms with Gasteiger partial charge in [-0.2, -0.15) is 0 Å². The van der Waals surface area contributed by atoms with Gasteiger partial charge >= 0.3 is 0 Å². The SMILES string of the molecule is NC(=O)c1cc2ccc(C3CCCc4ccc5c(ccc6ccccc65)c43)nc2cn1. The molecule has 0 radical (unpaired) electrons. The number of nitrogens with two attached hydrogens (primary N) is 1. The molecule has 0 aliphatic heterocycles. The minimum Gasteiger partial charge on any atom is -0.364 e. The maximum atomic E-state index is 11.5. The molecule has 0 bridgehead atoms. The third-order valence-electron chi connectivity index (χ3n) is 6.55. The van der Waals surface area contributed by atoms with Crippen LogP contribution in [0.25, 0.3) is 32.4 Å². The summed E-state index contributed by atoms with van der Waals surface area (Å²) in [6.45, 7) is 0. The number of hydrogen-bond acceptors (Lipinski definition) is 3. The lowest BCUT2D eigenvalue weighted by molar-refractivity contribution is 0.0996. The number of carbonyl (C=O) groups excluding carboxylic acids is 1. The maximum absolute atomic E-state index is 11.5. The van der Waals surface area contributed by atoms with Crippen LogP contribution in [0.2, 0.25) is 0 Å². The number of hydrogen-bond donors (Lipinski definition) is 1. The van der Waals surface area contributed by atoms with Crippen LogP contribution < -0.4 is 5.73 Å². The predicted octanol–water partition coefficient (Wildman–Crippen LogP) is 5.50. The first-order valence-electron chi connectivity index (χ1n) is 10.7. The molecule has 0 saturated heterocycles. The average molecular weight is 403 g/mol. The second-order valence-corrected chi connectivity index (χ2v) is 8.33. The largest absolute Gasteiger partial charge is 0.364 e. The quantitative estimate of drug-likeness (QED) is 0.396. The predicted molar refractivity (Wildman–Crippen MR) is 124 cm³/mol. The molecule has 31 heavy (non-hydrogen) atoms. The van der Waals surface area contributed by atoms with Crippen LogP contribution in [0, 0.1) is 0 Å². The summed E-state index contributed by atoms with van der Waals surface area (Å²) in [6, 6.07) is 23.5. The molecule has 2 heterocycles. The van der Waals surface area contributed by atoms with Gasteiger partial charge in [0.1, 0.15) is 5.69 Å². The molecule has 150 valence electrons. The number of pyridine rings is 2. The number of rotatable bonds is 2. The van der Waals surface area contributed by atoms with E-state index in [1.54, 1.807) is 12.3 Å². The summed E-state index contributed by atoms with van der Waals surface area (Å²) in [7, 11) is 0. The van der Waals surface area contributed by atoms with Crippen molar-refractivity contribution in [2.45, 2.75) is 25.2 Å². The number of aromatic nitrogens is 2. The fourth-order valence-electron chi connectivity index (χ4n) is 5.09. The molecule has 0 spiro atoms. The third kappa shape index (κ3) is 2.87. The van der Waals surface area contributed by atoms with E-state index in [4.69, 9.17) is 10.7 Å². The first-order valence-corrected chi connectivity index (χ1v) is 10.7. The van der Waals surface area contributed by atoms with Gasteiger partial charge in [0.05, 0.1) is 11.7 Å². The Morgan fingerprint density at radius 1 is 0.903 bits per heavy atom. The van der Waals surface area contributed by atoms with E-state index in [0.717, 1.165) is 35.9 Å². The Bertz CT molecular complexity index is 1510. The topological polar surface area (TPSA) is 68.9 Å². The van der Waals surface area contributed by atoms with Gasteiger partial charge in [0.15, 0.2) is 0 Å². The molecule has 1 aliphatic carbocycles. The molecule has 0 saturated carbocycles. The Balaban J connectivity index is 1.55. The molecule has 5 aromatic rings. The summed E-state index contributed by atoms with van der Waals surface area (Å²) in [5.74, 6) is -0.278. The van der Waals surface area contributed by atoms with E-state index in [1.807, 2.05) is 6.07 Å². The summed E-state index contributed by atoms with van der Waals surface area (Å²) in [5.41, 5.74) is 10.3. The second kappa shape index (κ2) is 6.88. The standard InChI is InChI=1S/C27H21N3O/c28-27(31)24-14-18-10-13-23(30-25(18)15-29-24)22-7-3-5-17-9-11-20-19-6-2-1-4-16(19)8-12-21(20)26(17)22/h1-2,4,6,8-15,22H,3,5,7H2,(H2,28,31). The highest BCUT2D eigenvalue weighted by Gasteiger charge is 2.25. The van der Waals surface area contributed by atoms with E-state index in [0.29, 0.717) is 0 Å². The van der Waals surface area contributed by atoms with Crippen molar-refractivity contribution in [1.29, 1.82) is 0 Å². The third-order valence-corrected chi connectivity index (χ3v) is 6.55. The highest BCUT2D eigenvalue weighted by atomic mass is 16.1. The van der Waals surface area contributed by atoms with Gasteiger partial charge in [-0.25, -0.2) is 4.98 Å². The lowest BCUT2D eigenvalue weighted by Gasteiger charge is -2.27. The summed E-state index contributed by atoms with van der Waals surface area (Å²) in [5, 5.41) is 6.07. The van der Waals surface area contributed by atoms with Crippen molar-refractivity contribution in [3.63, 3.8) is 0 Å². The molecule has 4 nitrogen and oxygen atoms in total. The van der Waals surface area contributed by atoms with Gasteiger partial charge in [0.2, 0.25) is 0 Å². The van der Waals surface area contributed by atoms with Crippen molar-refractivity contribution in [2.24, 2.45) is 5.73 Å². The van der Waals surface area contributed by atoms with E-state index in [2.05, 4.69) is 59.6 Å². The number of fused-ring (bicyclic) bond motifs is 6. The Hall–Kier alpha value is -3.79.